The Bertz CT molecular complexity index is 1670. The molecule has 0 heterocycles. The van der Waals surface area contributed by atoms with Crippen molar-refractivity contribution in [3.8, 4) is 0 Å². The van der Waals surface area contributed by atoms with Crippen molar-refractivity contribution in [1.82, 2.24) is 0 Å². The fraction of sp³-hybridized carbons (Fsp3) is 1.00. The maximum absolute atomic E-state index is 4.81. The van der Waals surface area contributed by atoms with Gasteiger partial charge in [0.25, 0.3) is 0 Å². The van der Waals surface area contributed by atoms with Crippen molar-refractivity contribution in [2.45, 2.75) is 0 Å². The predicted octanol–water partition coefficient (Wildman–Crippen LogP) is -19.9. The first kappa shape index (κ1) is 56.1. The van der Waals surface area contributed by atoms with E-state index in [9.17, 15) is 0 Å². The zero-order valence-corrected chi connectivity index (χ0v) is 31.3. The summed E-state index contributed by atoms with van der Waals surface area (Å²) in [6.07, 6.45) is 0. The molecule has 0 amide bonds. The van der Waals surface area contributed by atoms with Crippen LogP contribution in [-0.4, -0.2) is 350 Å². The topological polar surface area (TPSA) is 9.23 Å². The summed E-state index contributed by atoms with van der Waals surface area (Å²) in [6.45, 7) is 97.4. The monoisotopic (exact) mass is 595 g/mol. The van der Waals surface area contributed by atoms with E-state index in [0.29, 0.717) is 0 Å². The van der Waals surface area contributed by atoms with E-state index in [1.807, 2.05) is 336 Å². The van der Waals surface area contributed by atoms with Crippen LogP contribution in [0, 0.1) is 0 Å². The van der Waals surface area contributed by atoms with Gasteiger partial charge in [-0.05, 0) is 0 Å². The van der Waals surface area contributed by atoms with Gasteiger partial charge in [-0.15, -0.1) is 0 Å². The Kier molecular flexibility index (Phi) is 58.3. The van der Waals surface area contributed by atoms with Gasteiger partial charge in [0, 0.05) is 0 Å². The molecular weight excluding hydrogens is 579 g/mol. The van der Waals surface area contributed by atoms with Crippen LogP contribution in [0.3, 0.4) is 0 Å². The molecule has 0 aliphatic carbocycles. The summed E-state index contributed by atoms with van der Waals surface area (Å²) < 4.78 is 4.81. The summed E-state index contributed by atoms with van der Waals surface area (Å²) in [6, 6.07) is 0. The van der Waals surface area contributed by atoms with Crippen LogP contribution in [0.4, 0.5) is 0 Å². The van der Waals surface area contributed by atoms with E-state index >= 15 is 0 Å². The van der Waals surface area contributed by atoms with Crippen molar-refractivity contribution in [3.05, 3.63) is 0 Å². The maximum atomic E-state index is 4.81. The Labute approximate surface area is 351 Å². The van der Waals surface area contributed by atoms with E-state index in [-0.39, 0.29) is 0 Å². The molecule has 0 aliphatic heterocycles. The second-order valence-corrected chi connectivity index (χ2v) is 9.94. The first-order valence-corrected chi connectivity index (χ1v) is 17.6. The molecule has 1 nitrogen and oxygen atoms in total. The van der Waals surface area contributed by atoms with Gasteiger partial charge in [0.1, 0.15) is 0 Å². The normalized spacial score (nSPS) is 7.79. The summed E-state index contributed by atoms with van der Waals surface area (Å²) in [5.41, 5.74) is 0. The fourth-order valence-corrected chi connectivity index (χ4v) is 3.19. The Morgan fingerprint density at radius 1 is 0.189 bits per heavy atom. The summed E-state index contributed by atoms with van der Waals surface area (Å²) in [7, 11) is 5.25. The van der Waals surface area contributed by atoms with Gasteiger partial charge in [0.15, 0.2) is 0 Å². The molecule has 168 valence electrons. The van der Waals surface area contributed by atoms with Crippen LogP contribution in [0.2, 0.25) is 0 Å². The van der Waals surface area contributed by atoms with E-state index in [1.54, 1.807) is 14.1 Å². The average Bonchev–Trinajstić information content (AvgIpc) is 3.17. The molecule has 53 heavy (non-hydrogen) atoms. The molecule has 0 aliphatic rings. The van der Waals surface area contributed by atoms with Crippen molar-refractivity contribution < 1.29 is 4.65 Å². The molecule has 0 rings (SSSR count). The zero-order valence-electron chi connectivity index (χ0n) is 31.3. The van der Waals surface area contributed by atoms with Crippen LogP contribution in [0.25, 0.3) is 0 Å². The second kappa shape index (κ2) is 55.1. The van der Waals surface area contributed by atoms with Crippen molar-refractivity contribution in [2.24, 2.45) is 0 Å². The minimum atomic E-state index is 1.62. The Hall–Kier alpha value is 3.11. The van der Waals surface area contributed by atoms with Crippen LogP contribution >= 0.6 is 0 Å². The number of hydrogen-bond donors (Lipinski definition) is 0. The van der Waals surface area contributed by atoms with Gasteiger partial charge in [0.2, 0.25) is 0 Å². The SMILES string of the molecule is BB=BB=BB=BB=BB=BB=BB=BB=BB=BB=BB=BB=BB=BB=BB=BB=BB=BB=BB=BB=BB=BB=BB=BB=BB=BOC. The average molecular weight is 584 g/mol. The Balaban J connectivity index is 4.06. The van der Waals surface area contributed by atoms with Gasteiger partial charge >= 0.3 is 354 Å². The third kappa shape index (κ3) is 55.1. The van der Waals surface area contributed by atoms with E-state index in [2.05, 4.69) is 0 Å². The molecular formula is CH5B51O. The summed E-state index contributed by atoms with van der Waals surface area (Å²) >= 11 is 0. The van der Waals surface area contributed by atoms with Crippen molar-refractivity contribution in [3.63, 3.8) is 0 Å². The van der Waals surface area contributed by atoms with Crippen LogP contribution in [0.5, 0.6) is 0 Å². The summed E-state index contributed by atoms with van der Waals surface area (Å²) in [5, 5.41) is 0. The molecule has 0 unspecified atom stereocenters. The quantitative estimate of drug-likeness (QED) is 0.0970. The molecule has 0 radical (unpaired) electrons. The van der Waals surface area contributed by atoms with Gasteiger partial charge in [-0.3, -0.25) is 0 Å². The van der Waals surface area contributed by atoms with Gasteiger partial charge in [-0.25, -0.2) is 0 Å². The number of rotatable bonds is 25. The van der Waals surface area contributed by atoms with Crippen molar-refractivity contribution >= 4 is 343 Å². The van der Waals surface area contributed by atoms with Crippen LogP contribution < -0.4 is 0 Å². The third-order valence-electron chi connectivity index (χ3n) is 5.63. The van der Waals surface area contributed by atoms with Crippen LogP contribution in [-0.2, 0) is 4.65 Å². The molecule has 0 aromatic heterocycles. The molecule has 0 saturated carbocycles. The molecule has 0 fully saturated rings. The van der Waals surface area contributed by atoms with Gasteiger partial charge in [-0.1, -0.05) is 0 Å². The predicted molar refractivity (Wildman–Crippen MR) is 303 cm³/mol. The van der Waals surface area contributed by atoms with E-state index in [0.717, 1.165) is 0 Å². The molecule has 0 bridgehead atoms. The van der Waals surface area contributed by atoms with E-state index < -0.39 is 0 Å². The van der Waals surface area contributed by atoms with Gasteiger partial charge in [0.05, 0.1) is 0 Å². The Morgan fingerprint density at radius 3 is 0.415 bits per heavy atom. The third-order valence-corrected chi connectivity index (χ3v) is 5.63. The molecule has 0 aromatic carbocycles. The van der Waals surface area contributed by atoms with E-state index in [1.165, 1.54) is 0 Å². The zero-order chi connectivity index (χ0) is 38.1. The van der Waals surface area contributed by atoms with Crippen LogP contribution in [0.1, 0.15) is 0 Å². The standard InChI is InChI=1S/CH5B51O/c1-53-52-51-50-49-48-47-46-45-44-43-42-41-40-39-38-37-36-35-34-33-32-31-30-29-28-27-26-25-24-23-22-21-20-19-18-17-16-15-14-13-12-11-10-9-8-7-6-5-4-3-2/h2H2,1H3. The fourth-order valence-electron chi connectivity index (χ4n) is 3.19. The first-order valence-electron chi connectivity index (χ1n) is 17.6. The molecule has 52 heteroatoms. The molecule has 0 spiro atoms. The van der Waals surface area contributed by atoms with Gasteiger partial charge < -0.3 is 0 Å². The number of hydrogen-bond acceptors (Lipinski definition) is 1. The van der Waals surface area contributed by atoms with E-state index in [4.69, 9.17) is 4.65 Å². The summed E-state index contributed by atoms with van der Waals surface area (Å²) in [4.78, 5) is 0. The van der Waals surface area contributed by atoms with Gasteiger partial charge in [-0.2, -0.15) is 0 Å². The van der Waals surface area contributed by atoms with Crippen molar-refractivity contribution in [1.29, 1.82) is 0 Å². The molecule has 0 saturated heterocycles. The Morgan fingerprint density at radius 2 is 0.302 bits per heavy atom. The van der Waals surface area contributed by atoms with Crippen LogP contribution in [0.15, 0.2) is 0 Å². The molecule has 0 N–H and O–H groups in total. The summed E-state index contributed by atoms with van der Waals surface area (Å²) in [5.74, 6) is 0. The minimum absolute atomic E-state index is 1.62. The van der Waals surface area contributed by atoms with Crippen molar-refractivity contribution in [2.75, 3.05) is 7.11 Å². The molecule has 0 aromatic rings. The second-order valence-electron chi connectivity index (χ2n) is 9.94. The first-order chi connectivity index (χ1) is 26.4. The molecule has 0 atom stereocenters.